The number of hydrogen-bond acceptors (Lipinski definition) is 9. The first-order chi connectivity index (χ1) is 13.0. The van der Waals surface area contributed by atoms with Gasteiger partial charge in [-0.05, 0) is 28.9 Å². The minimum atomic E-state index is -0.508. The van der Waals surface area contributed by atoms with E-state index in [9.17, 15) is 4.79 Å². The first kappa shape index (κ1) is 18.6. The number of halogens is 1. The molecule has 0 aromatic carbocycles. The molecular weight excluding hydrogens is 418 g/mol. The molecule has 0 unspecified atom stereocenters. The zero-order chi connectivity index (χ0) is 19.6. The number of hydrogen-bond donors (Lipinski definition) is 4. The Morgan fingerprint density at radius 3 is 2.93 bits per heavy atom. The number of nitrogens with two attached hydrogens (primary N) is 1. The molecule has 3 aromatic heterocycles. The number of carbonyl (C=O) groups excluding carboxylic acids is 1. The Morgan fingerprint density at radius 1 is 1.48 bits per heavy atom. The first-order valence-electron chi connectivity index (χ1n) is 7.81. The molecule has 0 radical (unpaired) electrons. The van der Waals surface area contributed by atoms with Gasteiger partial charge in [0, 0.05) is 11.8 Å². The van der Waals surface area contributed by atoms with Crippen molar-refractivity contribution in [3.8, 4) is 5.88 Å². The molecule has 0 aliphatic rings. The van der Waals surface area contributed by atoms with E-state index in [-0.39, 0.29) is 24.0 Å². The fraction of sp³-hybridized carbons (Fsp3) is 0.188. The largest absolute Gasteiger partial charge is 0.479 e. The van der Waals surface area contributed by atoms with Crippen LogP contribution in [-0.4, -0.2) is 45.8 Å². The lowest BCUT2D eigenvalue weighted by Gasteiger charge is -2.12. The van der Waals surface area contributed by atoms with Gasteiger partial charge in [0.05, 0.1) is 23.6 Å². The summed E-state index contributed by atoms with van der Waals surface area (Å²) in [5, 5.41) is 11.1. The summed E-state index contributed by atoms with van der Waals surface area (Å²) in [4.78, 5) is 27.5. The molecule has 0 bridgehead atoms. The number of methoxy groups -OCH3 is 1. The van der Waals surface area contributed by atoms with Crippen molar-refractivity contribution in [1.82, 2.24) is 19.9 Å². The minimum Gasteiger partial charge on any atom is -0.479 e. The van der Waals surface area contributed by atoms with Crippen LogP contribution < -0.4 is 15.8 Å². The Bertz CT molecular complexity index is 1030. The summed E-state index contributed by atoms with van der Waals surface area (Å²) in [6, 6.07) is 1.62. The SMILES string of the molecule is CCOC(=O)c1[nH]c2ncnc(Nc3cc(C=N)c(N)nc3OC)c2c1Br. The van der Waals surface area contributed by atoms with Gasteiger partial charge in [-0.1, -0.05) is 0 Å². The van der Waals surface area contributed by atoms with Crippen molar-refractivity contribution in [3.05, 3.63) is 28.1 Å². The van der Waals surface area contributed by atoms with Crippen molar-refractivity contribution in [1.29, 1.82) is 5.41 Å². The lowest BCUT2D eigenvalue weighted by Crippen LogP contribution is -2.05. The van der Waals surface area contributed by atoms with E-state index in [2.05, 4.69) is 41.2 Å². The molecule has 11 heteroatoms. The number of fused-ring (bicyclic) bond motifs is 1. The fourth-order valence-corrected chi connectivity index (χ4v) is 3.08. The number of nitrogens with one attached hydrogen (secondary N) is 3. The van der Waals surface area contributed by atoms with Crippen LogP contribution in [0.25, 0.3) is 11.0 Å². The van der Waals surface area contributed by atoms with Crippen LogP contribution >= 0.6 is 15.9 Å². The zero-order valence-electron chi connectivity index (χ0n) is 14.5. The molecule has 27 heavy (non-hydrogen) atoms. The summed E-state index contributed by atoms with van der Waals surface area (Å²) in [6.45, 7) is 1.97. The second-order valence-corrected chi connectivity index (χ2v) is 6.06. The van der Waals surface area contributed by atoms with E-state index in [0.29, 0.717) is 32.6 Å². The number of esters is 1. The van der Waals surface area contributed by atoms with Crippen LogP contribution in [0.5, 0.6) is 5.88 Å². The molecule has 0 aliphatic carbocycles. The van der Waals surface area contributed by atoms with Crippen molar-refractivity contribution in [2.75, 3.05) is 24.8 Å². The van der Waals surface area contributed by atoms with Gasteiger partial charge in [-0.25, -0.2) is 14.8 Å². The number of rotatable bonds is 6. The molecule has 0 amide bonds. The van der Waals surface area contributed by atoms with Crippen LogP contribution in [0.4, 0.5) is 17.3 Å². The number of carbonyl (C=O) groups is 1. The topological polar surface area (TPSA) is 152 Å². The third kappa shape index (κ3) is 3.40. The summed E-state index contributed by atoms with van der Waals surface area (Å²) in [5.41, 5.74) is 7.34. The van der Waals surface area contributed by atoms with Crippen molar-refractivity contribution in [2.45, 2.75) is 6.92 Å². The highest BCUT2D eigenvalue weighted by Gasteiger charge is 2.21. The van der Waals surface area contributed by atoms with E-state index in [4.69, 9.17) is 20.6 Å². The Morgan fingerprint density at radius 2 is 2.26 bits per heavy atom. The summed E-state index contributed by atoms with van der Waals surface area (Å²) < 4.78 is 10.8. The van der Waals surface area contributed by atoms with Gasteiger partial charge in [0.15, 0.2) is 0 Å². The van der Waals surface area contributed by atoms with Gasteiger partial charge >= 0.3 is 5.97 Å². The van der Waals surface area contributed by atoms with Gasteiger partial charge in [0.25, 0.3) is 0 Å². The fourth-order valence-electron chi connectivity index (χ4n) is 2.44. The van der Waals surface area contributed by atoms with Gasteiger partial charge in [0.1, 0.15) is 35.0 Å². The Kier molecular flexibility index (Phi) is 5.21. The monoisotopic (exact) mass is 433 g/mol. The highest BCUT2D eigenvalue weighted by atomic mass is 79.9. The third-order valence-electron chi connectivity index (χ3n) is 3.66. The molecule has 5 N–H and O–H groups in total. The number of nitrogen functional groups attached to an aromatic ring is 1. The highest BCUT2D eigenvalue weighted by molar-refractivity contribution is 9.10. The number of aromatic nitrogens is 4. The molecule has 0 atom stereocenters. The zero-order valence-corrected chi connectivity index (χ0v) is 16.0. The number of ether oxygens (including phenoxy) is 2. The smallest absolute Gasteiger partial charge is 0.355 e. The van der Waals surface area contributed by atoms with Crippen LogP contribution in [0.2, 0.25) is 0 Å². The normalized spacial score (nSPS) is 10.6. The number of aromatic amines is 1. The maximum atomic E-state index is 12.1. The number of anilines is 3. The van der Waals surface area contributed by atoms with Crippen LogP contribution in [-0.2, 0) is 4.74 Å². The van der Waals surface area contributed by atoms with Crippen molar-refractivity contribution in [2.24, 2.45) is 0 Å². The van der Waals surface area contributed by atoms with Gasteiger partial charge in [0.2, 0.25) is 5.88 Å². The molecule has 140 valence electrons. The van der Waals surface area contributed by atoms with Crippen LogP contribution in [0, 0.1) is 5.41 Å². The van der Waals surface area contributed by atoms with E-state index in [1.807, 2.05) is 0 Å². The van der Waals surface area contributed by atoms with Gasteiger partial charge in [-0.2, -0.15) is 4.98 Å². The molecule has 3 rings (SSSR count). The predicted octanol–water partition coefficient (Wildman–Crippen LogP) is 2.62. The molecule has 0 spiro atoms. The standard InChI is InChI=1S/C16H16BrN7O3/c1-3-27-16(25)11-10(17)9-13(20-6-21-14(9)23-11)22-8-4-7(5-18)12(19)24-15(8)26-2/h4-6,18H,3H2,1-2H3,(H2,19,24)(H2,20,21,22,23). The summed E-state index contributed by atoms with van der Waals surface area (Å²) in [7, 11) is 1.46. The van der Waals surface area contributed by atoms with E-state index < -0.39 is 5.97 Å². The summed E-state index contributed by atoms with van der Waals surface area (Å²) in [6.07, 6.45) is 2.44. The second-order valence-electron chi connectivity index (χ2n) is 5.27. The lowest BCUT2D eigenvalue weighted by atomic mass is 10.2. The van der Waals surface area contributed by atoms with E-state index >= 15 is 0 Å². The molecule has 0 fully saturated rings. The van der Waals surface area contributed by atoms with E-state index in [1.54, 1.807) is 13.0 Å². The van der Waals surface area contributed by atoms with Crippen molar-refractivity contribution < 1.29 is 14.3 Å². The molecule has 3 heterocycles. The van der Waals surface area contributed by atoms with Crippen LogP contribution in [0.1, 0.15) is 23.0 Å². The van der Waals surface area contributed by atoms with E-state index in [0.717, 1.165) is 6.21 Å². The molecular formula is C16H16BrN7O3. The molecule has 10 nitrogen and oxygen atoms in total. The number of H-pyrrole nitrogens is 1. The molecule has 3 aromatic rings. The number of nitrogens with zero attached hydrogens (tertiary/aromatic N) is 3. The maximum absolute atomic E-state index is 12.1. The lowest BCUT2D eigenvalue weighted by molar-refractivity contribution is 0.0519. The predicted molar refractivity (Wildman–Crippen MR) is 104 cm³/mol. The average Bonchev–Trinajstić information content (AvgIpc) is 3.00. The van der Waals surface area contributed by atoms with Crippen LogP contribution in [0.3, 0.4) is 0 Å². The minimum absolute atomic E-state index is 0.174. The van der Waals surface area contributed by atoms with Crippen molar-refractivity contribution >= 4 is 56.5 Å². The maximum Gasteiger partial charge on any atom is 0.355 e. The molecule has 0 aliphatic heterocycles. The number of pyridine rings is 1. The average molecular weight is 434 g/mol. The summed E-state index contributed by atoms with van der Waals surface area (Å²) in [5.74, 6) is 0.306. The molecule has 0 saturated carbocycles. The Hall–Kier alpha value is -3.21. The van der Waals surface area contributed by atoms with Gasteiger partial charge in [-0.15, -0.1) is 0 Å². The summed E-state index contributed by atoms with van der Waals surface area (Å²) >= 11 is 3.41. The first-order valence-corrected chi connectivity index (χ1v) is 8.60. The molecule has 0 saturated heterocycles. The third-order valence-corrected chi connectivity index (χ3v) is 4.45. The highest BCUT2D eigenvalue weighted by Crippen LogP contribution is 2.35. The Labute approximate surface area is 162 Å². The van der Waals surface area contributed by atoms with Gasteiger partial charge in [-0.3, -0.25) is 0 Å². The van der Waals surface area contributed by atoms with Crippen LogP contribution in [0.15, 0.2) is 16.9 Å². The van der Waals surface area contributed by atoms with E-state index in [1.165, 1.54) is 13.4 Å². The Balaban J connectivity index is 2.11. The van der Waals surface area contributed by atoms with Gasteiger partial charge < -0.3 is 30.9 Å². The second kappa shape index (κ2) is 7.58. The van der Waals surface area contributed by atoms with Crippen molar-refractivity contribution in [3.63, 3.8) is 0 Å². The quantitative estimate of drug-likeness (QED) is 0.341.